The largest absolute Gasteiger partial charge is 0.272 e. The van der Waals surface area contributed by atoms with E-state index in [2.05, 4.69) is 4.72 Å². The lowest BCUT2D eigenvalue weighted by molar-refractivity contribution is -0.119. The van der Waals surface area contributed by atoms with E-state index in [1.54, 1.807) is 0 Å². The highest BCUT2D eigenvalue weighted by molar-refractivity contribution is 7.89. The minimum atomic E-state index is -3.48. The van der Waals surface area contributed by atoms with Gasteiger partial charge < -0.3 is 0 Å². The van der Waals surface area contributed by atoms with Crippen molar-refractivity contribution in [2.45, 2.75) is 26.2 Å². The topological polar surface area (TPSA) is 65.3 Å². The Kier molecular flexibility index (Phi) is 4.10. The third kappa shape index (κ3) is 7.32. The Balaban J connectivity index is 3.71. The molecule has 4 nitrogen and oxygen atoms in total. The number of nitrogens with zero attached hydrogens (tertiary/aromatic N) is 1. The van der Waals surface area contributed by atoms with Gasteiger partial charge in [-0.25, -0.2) is 8.42 Å². The van der Waals surface area contributed by atoms with Crippen molar-refractivity contribution in [3.63, 3.8) is 0 Å². The zero-order chi connectivity index (χ0) is 8.91. The van der Waals surface area contributed by atoms with Crippen LogP contribution in [0.15, 0.2) is 0 Å². The summed E-state index contributed by atoms with van der Waals surface area (Å²) in [5, 5.41) is 0. The van der Waals surface area contributed by atoms with Crippen LogP contribution in [0, 0.1) is 0 Å². The second kappa shape index (κ2) is 4.33. The summed E-state index contributed by atoms with van der Waals surface area (Å²) >= 11 is 0. The number of sulfonamides is 1. The van der Waals surface area contributed by atoms with Crippen molar-refractivity contribution in [3.8, 4) is 0 Å². The summed E-state index contributed by atoms with van der Waals surface area (Å²) in [7, 11) is -3.48. The second-order valence-electron chi connectivity index (χ2n) is 2.32. The van der Waals surface area contributed by atoms with E-state index in [-0.39, 0.29) is 6.42 Å². The standard InChI is InChI=1S/C6H12NO3S/c1-3-4-5-6(8)7-11(2,9)10/h3-5H2,1-2H3. The number of hydrogen-bond acceptors (Lipinski definition) is 3. The van der Waals surface area contributed by atoms with Gasteiger partial charge in [0.2, 0.25) is 0 Å². The summed E-state index contributed by atoms with van der Waals surface area (Å²) < 4.78 is 23.8. The molecule has 0 aliphatic carbocycles. The summed E-state index contributed by atoms with van der Waals surface area (Å²) in [6.45, 7) is 1.92. The SMILES string of the molecule is CCCCC(=O)[N]S(C)(=O)=O. The predicted octanol–water partition coefficient (Wildman–Crippen LogP) is 0.267. The highest BCUT2D eigenvalue weighted by Gasteiger charge is 2.09. The van der Waals surface area contributed by atoms with Gasteiger partial charge in [0.15, 0.2) is 0 Å². The molecule has 0 aromatic carbocycles. The molecule has 0 aromatic rings. The number of carbonyl (C=O) groups excluding carboxylic acids is 1. The molecule has 0 saturated carbocycles. The van der Waals surface area contributed by atoms with Gasteiger partial charge in [-0.3, -0.25) is 4.79 Å². The Bertz CT molecular complexity index is 220. The van der Waals surface area contributed by atoms with Gasteiger partial charge in [-0.2, -0.15) is 0 Å². The Hall–Kier alpha value is -0.580. The van der Waals surface area contributed by atoms with Crippen LogP contribution in [0.25, 0.3) is 0 Å². The minimum Gasteiger partial charge on any atom is -0.272 e. The molecule has 0 unspecified atom stereocenters. The monoisotopic (exact) mass is 178 g/mol. The molecule has 0 rings (SSSR count). The highest BCUT2D eigenvalue weighted by Crippen LogP contribution is 1.94. The van der Waals surface area contributed by atoms with E-state index in [0.29, 0.717) is 6.42 Å². The van der Waals surface area contributed by atoms with Crippen LogP contribution >= 0.6 is 0 Å². The molecule has 0 saturated heterocycles. The molecule has 0 heterocycles. The smallest absolute Gasteiger partial charge is 0.256 e. The van der Waals surface area contributed by atoms with E-state index in [1.807, 2.05) is 6.92 Å². The van der Waals surface area contributed by atoms with Gasteiger partial charge in [0.1, 0.15) is 0 Å². The van der Waals surface area contributed by atoms with Gasteiger partial charge in [-0.05, 0) is 6.42 Å². The molecule has 0 N–H and O–H groups in total. The molecule has 0 aliphatic heterocycles. The maximum Gasteiger partial charge on any atom is 0.256 e. The summed E-state index contributed by atoms with van der Waals surface area (Å²) in [6, 6.07) is 0. The zero-order valence-electron chi connectivity index (χ0n) is 6.70. The number of hydrogen-bond donors (Lipinski definition) is 0. The van der Waals surface area contributed by atoms with Crippen molar-refractivity contribution in [1.29, 1.82) is 0 Å². The average Bonchev–Trinajstić information content (AvgIpc) is 1.79. The first-order valence-corrected chi connectivity index (χ1v) is 5.26. The molecule has 0 bridgehead atoms. The quantitative estimate of drug-likeness (QED) is 0.620. The fourth-order valence-corrected chi connectivity index (χ4v) is 1.02. The Morgan fingerprint density at radius 3 is 2.36 bits per heavy atom. The van der Waals surface area contributed by atoms with E-state index in [4.69, 9.17) is 0 Å². The van der Waals surface area contributed by atoms with Crippen LogP contribution in [-0.2, 0) is 14.8 Å². The molecule has 11 heavy (non-hydrogen) atoms. The summed E-state index contributed by atoms with van der Waals surface area (Å²) in [5.41, 5.74) is 0. The predicted molar refractivity (Wildman–Crippen MR) is 41.5 cm³/mol. The number of unbranched alkanes of at least 4 members (excludes halogenated alkanes) is 1. The van der Waals surface area contributed by atoms with Crippen LogP contribution in [0.1, 0.15) is 26.2 Å². The van der Waals surface area contributed by atoms with Gasteiger partial charge in [0, 0.05) is 6.42 Å². The molecule has 0 aliphatic rings. The Morgan fingerprint density at radius 2 is 2.00 bits per heavy atom. The first-order valence-electron chi connectivity index (χ1n) is 3.41. The van der Waals surface area contributed by atoms with Crippen LogP contribution in [0.5, 0.6) is 0 Å². The van der Waals surface area contributed by atoms with Crippen molar-refractivity contribution in [2.24, 2.45) is 0 Å². The number of carbonyl (C=O) groups is 1. The van der Waals surface area contributed by atoms with E-state index in [1.165, 1.54) is 0 Å². The van der Waals surface area contributed by atoms with E-state index < -0.39 is 15.9 Å². The lowest BCUT2D eigenvalue weighted by Crippen LogP contribution is -2.21. The van der Waals surface area contributed by atoms with Gasteiger partial charge in [0.05, 0.1) is 6.26 Å². The third-order valence-corrected chi connectivity index (χ3v) is 1.55. The number of amides is 1. The number of rotatable bonds is 4. The molecule has 65 valence electrons. The fraction of sp³-hybridized carbons (Fsp3) is 0.833. The lowest BCUT2D eigenvalue weighted by atomic mass is 10.2. The highest BCUT2D eigenvalue weighted by atomic mass is 32.2. The van der Waals surface area contributed by atoms with Gasteiger partial charge in [-0.1, -0.05) is 13.3 Å². The Labute approximate surface area is 67.0 Å². The van der Waals surface area contributed by atoms with Crippen molar-refractivity contribution in [1.82, 2.24) is 4.72 Å². The average molecular weight is 178 g/mol. The molecule has 5 heteroatoms. The molecule has 0 spiro atoms. The fourth-order valence-electron chi connectivity index (χ4n) is 0.559. The first-order chi connectivity index (χ1) is 4.95. The van der Waals surface area contributed by atoms with E-state index >= 15 is 0 Å². The maximum absolute atomic E-state index is 10.7. The zero-order valence-corrected chi connectivity index (χ0v) is 7.52. The summed E-state index contributed by atoms with van der Waals surface area (Å²) in [6.07, 6.45) is 2.70. The van der Waals surface area contributed by atoms with Gasteiger partial charge in [0.25, 0.3) is 15.9 Å². The lowest BCUT2D eigenvalue weighted by Gasteiger charge is -1.96. The molecule has 0 atom stereocenters. The molecule has 1 amide bonds. The van der Waals surface area contributed by atoms with Crippen molar-refractivity contribution < 1.29 is 13.2 Å². The molecule has 1 radical (unpaired) electrons. The normalized spacial score (nSPS) is 11.1. The van der Waals surface area contributed by atoms with Crippen molar-refractivity contribution >= 4 is 15.9 Å². The first kappa shape index (κ1) is 10.4. The molecule has 0 fully saturated rings. The maximum atomic E-state index is 10.7. The van der Waals surface area contributed by atoms with Crippen LogP contribution in [0.2, 0.25) is 0 Å². The second-order valence-corrected chi connectivity index (χ2v) is 3.97. The molecular weight excluding hydrogens is 166 g/mol. The van der Waals surface area contributed by atoms with Crippen LogP contribution < -0.4 is 4.72 Å². The molecular formula is C6H12NO3S. The van der Waals surface area contributed by atoms with Crippen LogP contribution in [-0.4, -0.2) is 20.6 Å². The van der Waals surface area contributed by atoms with Gasteiger partial charge in [-0.15, -0.1) is 4.72 Å². The minimum absolute atomic E-state index is 0.226. The van der Waals surface area contributed by atoms with Crippen molar-refractivity contribution in [3.05, 3.63) is 0 Å². The summed E-state index contributed by atoms with van der Waals surface area (Å²) in [4.78, 5) is 10.7. The summed E-state index contributed by atoms with van der Waals surface area (Å²) in [5.74, 6) is -0.547. The Morgan fingerprint density at radius 1 is 1.45 bits per heavy atom. The van der Waals surface area contributed by atoms with E-state index in [9.17, 15) is 13.2 Å². The van der Waals surface area contributed by atoms with E-state index in [0.717, 1.165) is 12.7 Å². The van der Waals surface area contributed by atoms with Crippen molar-refractivity contribution in [2.75, 3.05) is 6.26 Å². The third-order valence-electron chi connectivity index (χ3n) is 1.01. The van der Waals surface area contributed by atoms with Crippen LogP contribution in [0.3, 0.4) is 0 Å². The molecule has 0 aromatic heterocycles. The van der Waals surface area contributed by atoms with Crippen LogP contribution in [0.4, 0.5) is 0 Å². The van der Waals surface area contributed by atoms with Gasteiger partial charge >= 0.3 is 0 Å².